The van der Waals surface area contributed by atoms with Crippen LogP contribution in [-0.2, 0) is 9.53 Å². The Labute approximate surface area is 193 Å². The zero-order valence-electron chi connectivity index (χ0n) is 19.1. The highest BCUT2D eigenvalue weighted by molar-refractivity contribution is 7.24. The standard InChI is InChI=1S/C25H30N2O4S/c1-5-27(6-2)15-16-31-22-19(18-11-9-8-10-12-18)13-14-20-21(25(29)30-7-3)24(26-17(4)28)32-23(20)22/h8-14H,5-7,15-16H2,1-4H3,(H,26,28). The van der Waals surface area contributed by atoms with Crippen molar-refractivity contribution >= 4 is 38.3 Å². The number of benzene rings is 2. The molecule has 0 fully saturated rings. The van der Waals surface area contributed by atoms with Gasteiger partial charge in [-0.25, -0.2) is 4.79 Å². The molecule has 0 saturated carbocycles. The first-order valence-electron chi connectivity index (χ1n) is 10.9. The number of amides is 1. The smallest absolute Gasteiger partial charge is 0.341 e. The topological polar surface area (TPSA) is 67.9 Å². The summed E-state index contributed by atoms with van der Waals surface area (Å²) in [5.74, 6) is 0.0199. The van der Waals surface area contributed by atoms with Crippen LogP contribution in [0.15, 0.2) is 42.5 Å². The molecular weight excluding hydrogens is 424 g/mol. The fraction of sp³-hybridized carbons (Fsp3) is 0.360. The van der Waals surface area contributed by atoms with Crippen molar-refractivity contribution in [1.82, 2.24) is 4.90 Å². The highest BCUT2D eigenvalue weighted by Crippen LogP contribution is 2.45. The van der Waals surface area contributed by atoms with Gasteiger partial charge in [0.15, 0.2) is 0 Å². The monoisotopic (exact) mass is 454 g/mol. The van der Waals surface area contributed by atoms with E-state index in [1.165, 1.54) is 18.3 Å². The Balaban J connectivity index is 2.15. The van der Waals surface area contributed by atoms with Gasteiger partial charge in [0.2, 0.25) is 5.91 Å². The number of carbonyl (C=O) groups excluding carboxylic acids is 2. The maximum Gasteiger partial charge on any atom is 0.341 e. The van der Waals surface area contributed by atoms with Crippen molar-refractivity contribution in [3.8, 4) is 16.9 Å². The molecule has 6 nitrogen and oxygen atoms in total. The van der Waals surface area contributed by atoms with Crippen LogP contribution in [0.3, 0.4) is 0 Å². The van der Waals surface area contributed by atoms with Crippen molar-refractivity contribution in [2.45, 2.75) is 27.7 Å². The lowest BCUT2D eigenvalue weighted by atomic mass is 10.0. The van der Waals surface area contributed by atoms with Gasteiger partial charge in [0.25, 0.3) is 0 Å². The van der Waals surface area contributed by atoms with Crippen LogP contribution < -0.4 is 10.1 Å². The van der Waals surface area contributed by atoms with Crippen molar-refractivity contribution in [1.29, 1.82) is 0 Å². The Morgan fingerprint density at radius 3 is 2.38 bits per heavy atom. The zero-order valence-corrected chi connectivity index (χ0v) is 19.9. The number of hydrogen-bond donors (Lipinski definition) is 1. The summed E-state index contributed by atoms with van der Waals surface area (Å²) in [7, 11) is 0. The van der Waals surface area contributed by atoms with E-state index in [1.807, 2.05) is 42.5 Å². The first-order chi connectivity index (χ1) is 15.5. The summed E-state index contributed by atoms with van der Waals surface area (Å²) in [4.78, 5) is 26.9. The predicted molar refractivity (Wildman–Crippen MR) is 131 cm³/mol. The van der Waals surface area contributed by atoms with Gasteiger partial charge in [-0.15, -0.1) is 11.3 Å². The summed E-state index contributed by atoms with van der Waals surface area (Å²) >= 11 is 1.34. The summed E-state index contributed by atoms with van der Waals surface area (Å²) in [5, 5.41) is 3.99. The van der Waals surface area contributed by atoms with Gasteiger partial charge in [0.1, 0.15) is 22.9 Å². The van der Waals surface area contributed by atoms with Crippen molar-refractivity contribution in [2.75, 3.05) is 38.2 Å². The van der Waals surface area contributed by atoms with Crippen LogP contribution in [0.1, 0.15) is 38.1 Å². The average Bonchev–Trinajstić information content (AvgIpc) is 3.15. The molecule has 0 aliphatic carbocycles. The number of thiophene rings is 1. The van der Waals surface area contributed by atoms with Gasteiger partial charge in [-0.2, -0.15) is 0 Å². The quantitative estimate of drug-likeness (QED) is 0.414. The molecule has 32 heavy (non-hydrogen) atoms. The molecule has 0 unspecified atom stereocenters. The molecule has 1 N–H and O–H groups in total. The second kappa shape index (κ2) is 11.1. The van der Waals surface area contributed by atoms with E-state index in [1.54, 1.807) is 6.92 Å². The average molecular weight is 455 g/mol. The lowest BCUT2D eigenvalue weighted by Crippen LogP contribution is -2.28. The van der Waals surface area contributed by atoms with Crippen LogP contribution in [0.2, 0.25) is 0 Å². The van der Waals surface area contributed by atoms with Gasteiger partial charge < -0.3 is 19.7 Å². The number of esters is 1. The molecule has 0 saturated heterocycles. The van der Waals surface area contributed by atoms with E-state index in [2.05, 4.69) is 24.1 Å². The third kappa shape index (κ3) is 5.29. The van der Waals surface area contributed by atoms with Gasteiger partial charge in [0.05, 0.1) is 11.3 Å². The van der Waals surface area contributed by atoms with E-state index >= 15 is 0 Å². The largest absolute Gasteiger partial charge is 0.490 e. The van der Waals surface area contributed by atoms with Crippen LogP contribution in [0.5, 0.6) is 5.75 Å². The number of fused-ring (bicyclic) bond motifs is 1. The first-order valence-corrected chi connectivity index (χ1v) is 11.8. The maximum absolute atomic E-state index is 12.8. The second-order valence-corrected chi connectivity index (χ2v) is 8.29. The molecule has 2 aromatic carbocycles. The number of rotatable bonds is 10. The van der Waals surface area contributed by atoms with E-state index in [9.17, 15) is 9.59 Å². The number of nitrogens with zero attached hydrogens (tertiary/aromatic N) is 1. The van der Waals surface area contributed by atoms with E-state index in [-0.39, 0.29) is 12.5 Å². The molecule has 1 amide bonds. The molecule has 0 bridgehead atoms. The second-order valence-electron chi connectivity index (χ2n) is 7.27. The minimum Gasteiger partial charge on any atom is -0.490 e. The van der Waals surface area contributed by atoms with Crippen LogP contribution >= 0.6 is 11.3 Å². The first kappa shape index (κ1) is 23.8. The van der Waals surface area contributed by atoms with E-state index in [4.69, 9.17) is 9.47 Å². The fourth-order valence-electron chi connectivity index (χ4n) is 3.60. The summed E-state index contributed by atoms with van der Waals surface area (Å²) in [6.45, 7) is 10.9. The number of ether oxygens (including phenoxy) is 2. The van der Waals surface area contributed by atoms with Crippen LogP contribution in [0, 0.1) is 0 Å². The Morgan fingerprint density at radius 2 is 1.75 bits per heavy atom. The van der Waals surface area contributed by atoms with Gasteiger partial charge in [0, 0.05) is 24.4 Å². The maximum atomic E-state index is 12.8. The molecule has 7 heteroatoms. The van der Waals surface area contributed by atoms with Crippen molar-refractivity contribution < 1.29 is 19.1 Å². The number of nitrogens with one attached hydrogen (secondary N) is 1. The highest BCUT2D eigenvalue weighted by Gasteiger charge is 2.25. The fourth-order valence-corrected chi connectivity index (χ4v) is 4.83. The molecule has 1 heterocycles. The number of anilines is 1. The van der Waals surface area contributed by atoms with Crippen molar-refractivity contribution in [2.24, 2.45) is 0 Å². The van der Waals surface area contributed by atoms with Gasteiger partial charge in [-0.05, 0) is 31.6 Å². The molecule has 3 aromatic rings. The molecule has 170 valence electrons. The van der Waals surface area contributed by atoms with E-state index < -0.39 is 5.97 Å². The minimum atomic E-state index is -0.455. The molecule has 0 atom stereocenters. The summed E-state index contributed by atoms with van der Waals surface area (Å²) in [5.41, 5.74) is 2.35. The predicted octanol–water partition coefficient (Wildman–Crippen LogP) is 5.42. The van der Waals surface area contributed by atoms with Crippen molar-refractivity contribution in [3.63, 3.8) is 0 Å². The molecule has 0 aliphatic heterocycles. The normalized spacial score (nSPS) is 11.0. The Morgan fingerprint density at radius 1 is 1.03 bits per heavy atom. The van der Waals surface area contributed by atoms with Gasteiger partial charge in [-0.3, -0.25) is 4.79 Å². The highest BCUT2D eigenvalue weighted by atomic mass is 32.1. The summed E-state index contributed by atoms with van der Waals surface area (Å²) < 4.78 is 12.5. The lowest BCUT2D eigenvalue weighted by Gasteiger charge is -2.19. The van der Waals surface area contributed by atoms with E-state index in [0.29, 0.717) is 22.9 Å². The molecule has 0 spiro atoms. The SMILES string of the molecule is CCOC(=O)c1c(NC(C)=O)sc2c(OCCN(CC)CC)c(-c3ccccc3)ccc12. The molecular formula is C25H30N2O4S. The lowest BCUT2D eigenvalue weighted by molar-refractivity contribution is -0.114. The summed E-state index contributed by atoms with van der Waals surface area (Å²) in [6.07, 6.45) is 0. The minimum absolute atomic E-state index is 0.241. The Hall–Kier alpha value is -2.90. The number of hydrogen-bond acceptors (Lipinski definition) is 6. The van der Waals surface area contributed by atoms with Crippen LogP contribution in [-0.4, -0.2) is 49.6 Å². The van der Waals surface area contributed by atoms with E-state index in [0.717, 1.165) is 40.8 Å². The number of carbonyl (C=O) groups is 2. The molecule has 0 radical (unpaired) electrons. The molecule has 3 rings (SSSR count). The molecule has 1 aromatic heterocycles. The van der Waals surface area contributed by atoms with Gasteiger partial charge in [-0.1, -0.05) is 50.2 Å². The zero-order chi connectivity index (χ0) is 23.1. The third-order valence-electron chi connectivity index (χ3n) is 5.21. The van der Waals surface area contributed by atoms with Crippen LogP contribution in [0.25, 0.3) is 21.2 Å². The van der Waals surface area contributed by atoms with Crippen LogP contribution in [0.4, 0.5) is 5.00 Å². The number of likely N-dealkylation sites (N-methyl/N-ethyl adjacent to an activating group) is 1. The van der Waals surface area contributed by atoms with Crippen molar-refractivity contribution in [3.05, 3.63) is 48.0 Å². The Bertz CT molecular complexity index is 1070. The summed E-state index contributed by atoms with van der Waals surface area (Å²) in [6, 6.07) is 13.9. The molecule has 0 aliphatic rings. The van der Waals surface area contributed by atoms with Gasteiger partial charge >= 0.3 is 5.97 Å². The third-order valence-corrected chi connectivity index (χ3v) is 6.33. The Kier molecular flexibility index (Phi) is 8.25.